The van der Waals surface area contributed by atoms with Crippen molar-refractivity contribution in [2.45, 2.75) is 31.9 Å². The Morgan fingerprint density at radius 3 is 2.67 bits per heavy atom. The number of nitrogens with two attached hydrogens (primary N) is 1. The smallest absolute Gasteiger partial charge is 0.0693 e. The van der Waals surface area contributed by atoms with Gasteiger partial charge in [-0.25, -0.2) is 0 Å². The van der Waals surface area contributed by atoms with Crippen molar-refractivity contribution in [3.63, 3.8) is 0 Å². The third kappa shape index (κ3) is 3.75. The van der Waals surface area contributed by atoms with Gasteiger partial charge in [-0.05, 0) is 43.5 Å². The first-order valence-electron chi connectivity index (χ1n) is 6.22. The molecule has 1 aromatic carbocycles. The molecule has 1 unspecified atom stereocenters. The van der Waals surface area contributed by atoms with E-state index < -0.39 is 0 Å². The minimum atomic E-state index is 0.427. The minimum Gasteiger partial charge on any atom is -0.396 e. The molecule has 5 heteroatoms. The first-order valence-corrected chi connectivity index (χ1v) is 6.98. The quantitative estimate of drug-likeness (QED) is 0.646. The molecule has 0 aliphatic carbocycles. The predicted molar refractivity (Wildman–Crippen MR) is 76.2 cm³/mol. The molecular formula is C13H18Cl2N2O. The van der Waals surface area contributed by atoms with E-state index in [-0.39, 0.29) is 0 Å². The molecule has 0 radical (unpaired) electrons. The van der Waals surface area contributed by atoms with Gasteiger partial charge in [0.15, 0.2) is 0 Å². The Balaban J connectivity index is 1.76. The Bertz CT molecular complexity index is 383. The molecule has 3 nitrogen and oxygen atoms in total. The third-order valence-corrected chi connectivity index (χ3v) is 3.76. The molecule has 0 aromatic heterocycles. The lowest BCUT2D eigenvalue weighted by Crippen LogP contribution is -2.19. The van der Waals surface area contributed by atoms with E-state index in [1.165, 1.54) is 12.8 Å². The fraction of sp³-hybridized carbons (Fsp3) is 0.538. The zero-order chi connectivity index (χ0) is 13.0. The van der Waals surface area contributed by atoms with Gasteiger partial charge in [-0.3, -0.25) is 0 Å². The Morgan fingerprint density at radius 2 is 2.06 bits per heavy atom. The van der Waals surface area contributed by atoms with Crippen LogP contribution < -0.4 is 11.1 Å². The highest BCUT2D eigenvalue weighted by Gasteiger charge is 2.14. The maximum Gasteiger partial charge on any atom is 0.0693 e. The Hall–Kier alpha value is -0.480. The summed E-state index contributed by atoms with van der Waals surface area (Å²) in [6, 6.07) is 3.70. The summed E-state index contributed by atoms with van der Waals surface area (Å²) in [5.41, 5.74) is 7.18. The average molecular weight is 289 g/mol. The topological polar surface area (TPSA) is 47.3 Å². The van der Waals surface area contributed by atoms with Crippen molar-refractivity contribution in [2.24, 2.45) is 0 Å². The van der Waals surface area contributed by atoms with Gasteiger partial charge in [0, 0.05) is 13.2 Å². The molecular weight excluding hydrogens is 271 g/mol. The predicted octanol–water partition coefficient (Wildman–Crippen LogP) is 3.23. The molecule has 1 aliphatic heterocycles. The number of anilines is 1. The summed E-state index contributed by atoms with van der Waals surface area (Å²) >= 11 is 12.0. The molecule has 1 aromatic rings. The number of ether oxygens (including phenoxy) is 1. The van der Waals surface area contributed by atoms with E-state index in [1.807, 2.05) is 12.1 Å². The van der Waals surface area contributed by atoms with Crippen LogP contribution in [-0.4, -0.2) is 19.3 Å². The van der Waals surface area contributed by atoms with E-state index in [2.05, 4.69) is 5.32 Å². The summed E-state index contributed by atoms with van der Waals surface area (Å²) in [5.74, 6) is 0. The van der Waals surface area contributed by atoms with Gasteiger partial charge in [-0.2, -0.15) is 0 Å². The highest BCUT2D eigenvalue weighted by Crippen LogP contribution is 2.28. The Morgan fingerprint density at radius 1 is 1.33 bits per heavy atom. The van der Waals surface area contributed by atoms with Gasteiger partial charge in [0.05, 0.1) is 21.8 Å². The standard InChI is InChI=1S/C13H18Cl2N2O/c14-11-6-9(7-12(15)13(11)16)8-17-4-3-10-2-1-5-18-10/h6-7,10,17H,1-5,8,16H2. The summed E-state index contributed by atoms with van der Waals surface area (Å²) in [6.45, 7) is 2.59. The number of benzene rings is 1. The van der Waals surface area contributed by atoms with E-state index in [1.54, 1.807) is 0 Å². The van der Waals surface area contributed by atoms with Crippen LogP contribution in [0.25, 0.3) is 0 Å². The second-order valence-electron chi connectivity index (χ2n) is 4.57. The van der Waals surface area contributed by atoms with E-state index >= 15 is 0 Å². The highest BCUT2D eigenvalue weighted by atomic mass is 35.5. The lowest BCUT2D eigenvalue weighted by molar-refractivity contribution is 0.104. The second kappa shape index (κ2) is 6.62. The zero-order valence-corrected chi connectivity index (χ0v) is 11.7. The molecule has 0 spiro atoms. The highest BCUT2D eigenvalue weighted by molar-refractivity contribution is 6.38. The van der Waals surface area contributed by atoms with Gasteiger partial charge in [0.2, 0.25) is 0 Å². The monoisotopic (exact) mass is 288 g/mol. The number of nitrogens with one attached hydrogen (secondary N) is 1. The van der Waals surface area contributed by atoms with Crippen LogP contribution in [0.5, 0.6) is 0 Å². The van der Waals surface area contributed by atoms with Gasteiger partial charge in [-0.15, -0.1) is 0 Å². The Labute approximate surface area is 118 Å². The van der Waals surface area contributed by atoms with Crippen molar-refractivity contribution in [1.29, 1.82) is 0 Å². The van der Waals surface area contributed by atoms with Gasteiger partial charge < -0.3 is 15.8 Å². The van der Waals surface area contributed by atoms with E-state index in [0.717, 1.165) is 31.7 Å². The summed E-state index contributed by atoms with van der Waals surface area (Å²) in [7, 11) is 0. The molecule has 1 atom stereocenters. The van der Waals surface area contributed by atoms with E-state index in [9.17, 15) is 0 Å². The van der Waals surface area contributed by atoms with Crippen LogP contribution in [0.1, 0.15) is 24.8 Å². The molecule has 1 aliphatic rings. The first kappa shape index (κ1) is 13.9. The number of rotatable bonds is 5. The normalized spacial score (nSPS) is 19.3. The molecule has 2 rings (SSSR count). The van der Waals surface area contributed by atoms with E-state index in [4.69, 9.17) is 33.7 Å². The fourth-order valence-electron chi connectivity index (χ4n) is 2.11. The van der Waals surface area contributed by atoms with Crippen LogP contribution in [0.15, 0.2) is 12.1 Å². The summed E-state index contributed by atoms with van der Waals surface area (Å²) in [6.07, 6.45) is 3.85. The van der Waals surface area contributed by atoms with Crippen molar-refractivity contribution in [3.05, 3.63) is 27.7 Å². The summed E-state index contributed by atoms with van der Waals surface area (Å²) in [5, 5.41) is 4.39. The summed E-state index contributed by atoms with van der Waals surface area (Å²) < 4.78 is 5.56. The molecule has 1 fully saturated rings. The molecule has 0 bridgehead atoms. The van der Waals surface area contributed by atoms with Crippen molar-refractivity contribution in [3.8, 4) is 0 Å². The lowest BCUT2D eigenvalue weighted by Gasteiger charge is -2.11. The van der Waals surface area contributed by atoms with Crippen LogP contribution >= 0.6 is 23.2 Å². The number of halogens is 2. The van der Waals surface area contributed by atoms with Gasteiger partial charge >= 0.3 is 0 Å². The second-order valence-corrected chi connectivity index (χ2v) is 5.39. The van der Waals surface area contributed by atoms with Crippen LogP contribution in [0, 0.1) is 0 Å². The fourth-order valence-corrected chi connectivity index (χ4v) is 2.64. The first-order chi connectivity index (χ1) is 8.66. The SMILES string of the molecule is Nc1c(Cl)cc(CNCCC2CCCO2)cc1Cl. The van der Waals surface area contributed by atoms with Crippen LogP contribution in [0.3, 0.4) is 0 Å². The van der Waals surface area contributed by atoms with Crippen molar-refractivity contribution in [2.75, 3.05) is 18.9 Å². The zero-order valence-electron chi connectivity index (χ0n) is 10.2. The Kier molecular flexibility index (Phi) is 5.13. The minimum absolute atomic E-state index is 0.427. The maximum atomic E-state index is 5.98. The number of nitrogen functional groups attached to an aromatic ring is 1. The molecule has 18 heavy (non-hydrogen) atoms. The van der Waals surface area contributed by atoms with Crippen molar-refractivity contribution in [1.82, 2.24) is 5.32 Å². The number of hydrogen-bond acceptors (Lipinski definition) is 3. The lowest BCUT2D eigenvalue weighted by atomic mass is 10.1. The number of hydrogen-bond donors (Lipinski definition) is 2. The van der Waals surface area contributed by atoms with Crippen molar-refractivity contribution < 1.29 is 4.74 Å². The van der Waals surface area contributed by atoms with Crippen LogP contribution in [-0.2, 0) is 11.3 Å². The van der Waals surface area contributed by atoms with Gasteiger partial charge in [0.1, 0.15) is 0 Å². The molecule has 0 saturated carbocycles. The molecule has 1 saturated heterocycles. The van der Waals surface area contributed by atoms with Gasteiger partial charge in [-0.1, -0.05) is 23.2 Å². The van der Waals surface area contributed by atoms with Gasteiger partial charge in [0.25, 0.3) is 0 Å². The molecule has 0 amide bonds. The maximum absolute atomic E-state index is 5.98. The van der Waals surface area contributed by atoms with Crippen molar-refractivity contribution >= 4 is 28.9 Å². The molecule has 1 heterocycles. The molecule has 100 valence electrons. The largest absolute Gasteiger partial charge is 0.396 e. The van der Waals surface area contributed by atoms with Crippen LogP contribution in [0.4, 0.5) is 5.69 Å². The average Bonchev–Trinajstić information content (AvgIpc) is 2.84. The van der Waals surface area contributed by atoms with Crippen LogP contribution in [0.2, 0.25) is 10.0 Å². The third-order valence-electron chi connectivity index (χ3n) is 3.14. The molecule has 3 N–H and O–H groups in total. The van der Waals surface area contributed by atoms with E-state index in [0.29, 0.717) is 21.8 Å². The summed E-state index contributed by atoms with van der Waals surface area (Å²) in [4.78, 5) is 0.